The first kappa shape index (κ1) is 11.7. The van der Waals surface area contributed by atoms with Crippen molar-refractivity contribution in [3.63, 3.8) is 0 Å². The summed E-state index contributed by atoms with van der Waals surface area (Å²) in [7, 11) is 0. The van der Waals surface area contributed by atoms with Crippen LogP contribution in [-0.2, 0) is 16.1 Å². The van der Waals surface area contributed by atoms with Crippen LogP contribution in [0.5, 0.6) is 5.75 Å². The van der Waals surface area contributed by atoms with Crippen LogP contribution in [0.1, 0.15) is 31.9 Å². The predicted molar refractivity (Wildman–Crippen MR) is 65.7 cm³/mol. The molecule has 0 amide bonds. The fourth-order valence-electron chi connectivity index (χ4n) is 1.70. The highest BCUT2D eigenvalue weighted by Gasteiger charge is 2.21. The van der Waals surface area contributed by atoms with Crippen LogP contribution in [0.3, 0.4) is 0 Å². The summed E-state index contributed by atoms with van der Waals surface area (Å²) in [4.78, 5) is 10.7. The smallest absolute Gasteiger partial charge is 0.302 e. The summed E-state index contributed by atoms with van der Waals surface area (Å²) in [6.07, 6.45) is 4.06. The Kier molecular flexibility index (Phi) is 2.92. The van der Waals surface area contributed by atoms with Gasteiger partial charge in [-0.15, -0.1) is 0 Å². The second-order valence-electron chi connectivity index (χ2n) is 4.69. The maximum Gasteiger partial charge on any atom is 0.302 e. The highest BCUT2D eigenvalue weighted by atomic mass is 16.5. The Labute approximate surface area is 101 Å². The molecule has 90 valence electrons. The Balaban J connectivity index is 2.18. The van der Waals surface area contributed by atoms with Crippen molar-refractivity contribution >= 4 is 12.0 Å². The first-order chi connectivity index (χ1) is 7.96. The first-order valence-electron chi connectivity index (χ1n) is 5.61. The van der Waals surface area contributed by atoms with Gasteiger partial charge in [0.2, 0.25) is 0 Å². The Morgan fingerprint density at radius 3 is 2.88 bits per heavy atom. The average molecular weight is 232 g/mol. The number of ether oxygens (including phenoxy) is 2. The zero-order valence-electron chi connectivity index (χ0n) is 10.3. The monoisotopic (exact) mass is 232 g/mol. The lowest BCUT2D eigenvalue weighted by Crippen LogP contribution is -2.27. The van der Waals surface area contributed by atoms with Crippen molar-refractivity contribution in [2.45, 2.75) is 33.0 Å². The highest BCUT2D eigenvalue weighted by molar-refractivity contribution is 5.66. The lowest BCUT2D eigenvalue weighted by atomic mass is 10.0. The number of rotatable bonds is 2. The van der Waals surface area contributed by atoms with Gasteiger partial charge in [0.25, 0.3) is 0 Å². The lowest BCUT2D eigenvalue weighted by Gasteiger charge is -2.28. The van der Waals surface area contributed by atoms with Gasteiger partial charge in [-0.3, -0.25) is 4.79 Å². The summed E-state index contributed by atoms with van der Waals surface area (Å²) >= 11 is 0. The van der Waals surface area contributed by atoms with Crippen molar-refractivity contribution in [3.8, 4) is 5.75 Å². The van der Waals surface area contributed by atoms with Crippen molar-refractivity contribution in [1.29, 1.82) is 0 Å². The number of carbonyl (C=O) groups is 1. The average Bonchev–Trinajstić information content (AvgIpc) is 2.25. The zero-order valence-corrected chi connectivity index (χ0v) is 10.3. The molecule has 3 heteroatoms. The molecule has 2 rings (SSSR count). The van der Waals surface area contributed by atoms with Gasteiger partial charge in [-0.25, -0.2) is 0 Å². The molecular weight excluding hydrogens is 216 g/mol. The number of esters is 1. The Hall–Kier alpha value is -1.77. The van der Waals surface area contributed by atoms with Crippen molar-refractivity contribution in [1.82, 2.24) is 0 Å². The largest absolute Gasteiger partial charge is 0.483 e. The van der Waals surface area contributed by atoms with Crippen molar-refractivity contribution < 1.29 is 14.3 Å². The van der Waals surface area contributed by atoms with Crippen LogP contribution in [-0.4, -0.2) is 11.6 Å². The summed E-state index contributed by atoms with van der Waals surface area (Å²) in [6, 6.07) is 5.81. The molecule has 1 aliphatic rings. The first-order valence-corrected chi connectivity index (χ1v) is 5.61. The van der Waals surface area contributed by atoms with E-state index in [2.05, 4.69) is 0 Å². The Morgan fingerprint density at radius 2 is 2.18 bits per heavy atom. The standard InChI is InChI=1S/C14H16O3/c1-10(15)16-9-11-4-5-13-12(8-11)6-7-14(2,3)17-13/h4-8H,9H2,1-3H3. The summed E-state index contributed by atoms with van der Waals surface area (Å²) in [6.45, 7) is 5.74. The molecule has 3 nitrogen and oxygen atoms in total. The second-order valence-corrected chi connectivity index (χ2v) is 4.69. The minimum atomic E-state index is -0.268. The van der Waals surface area contributed by atoms with Crippen molar-refractivity contribution in [3.05, 3.63) is 35.4 Å². The van der Waals surface area contributed by atoms with Gasteiger partial charge in [0, 0.05) is 12.5 Å². The minimum Gasteiger partial charge on any atom is -0.483 e. The molecule has 1 aliphatic heterocycles. The summed E-state index contributed by atoms with van der Waals surface area (Å²) in [5, 5.41) is 0. The third kappa shape index (κ3) is 2.87. The lowest BCUT2D eigenvalue weighted by molar-refractivity contribution is -0.142. The number of hydrogen-bond donors (Lipinski definition) is 0. The van der Waals surface area contributed by atoms with Crippen LogP contribution in [0.15, 0.2) is 24.3 Å². The van der Waals surface area contributed by atoms with E-state index in [1.54, 1.807) is 0 Å². The highest BCUT2D eigenvalue weighted by Crippen LogP contribution is 2.31. The van der Waals surface area contributed by atoms with Gasteiger partial charge in [0.05, 0.1) is 0 Å². The molecule has 0 radical (unpaired) electrons. The van der Waals surface area contributed by atoms with Crippen LogP contribution in [0, 0.1) is 0 Å². The van der Waals surface area contributed by atoms with Gasteiger partial charge >= 0.3 is 5.97 Å². The molecule has 0 fully saturated rings. The van der Waals surface area contributed by atoms with E-state index in [0.717, 1.165) is 16.9 Å². The topological polar surface area (TPSA) is 35.5 Å². The molecule has 0 saturated carbocycles. The van der Waals surface area contributed by atoms with Crippen molar-refractivity contribution in [2.75, 3.05) is 0 Å². The number of fused-ring (bicyclic) bond motifs is 1. The third-order valence-corrected chi connectivity index (χ3v) is 2.55. The van der Waals surface area contributed by atoms with E-state index >= 15 is 0 Å². The molecule has 0 aliphatic carbocycles. The fourth-order valence-corrected chi connectivity index (χ4v) is 1.70. The van der Waals surface area contributed by atoms with Crippen LogP contribution in [0.2, 0.25) is 0 Å². The Morgan fingerprint density at radius 1 is 1.41 bits per heavy atom. The molecule has 0 spiro atoms. The summed E-state index contributed by atoms with van der Waals surface area (Å²) in [5.41, 5.74) is 1.73. The molecular formula is C14H16O3. The molecule has 0 N–H and O–H groups in total. The molecule has 1 aromatic rings. The van der Waals surface area contributed by atoms with Gasteiger partial charge in [-0.05, 0) is 37.6 Å². The van der Waals surface area contributed by atoms with Crippen LogP contribution >= 0.6 is 0 Å². The quantitative estimate of drug-likeness (QED) is 0.735. The van der Waals surface area contributed by atoms with E-state index in [1.165, 1.54) is 6.92 Å². The molecule has 17 heavy (non-hydrogen) atoms. The number of hydrogen-bond acceptors (Lipinski definition) is 3. The molecule has 0 aromatic heterocycles. The van der Waals surface area contributed by atoms with Crippen LogP contribution in [0.25, 0.3) is 6.08 Å². The van der Waals surface area contributed by atoms with Gasteiger partial charge in [0.15, 0.2) is 0 Å². The van der Waals surface area contributed by atoms with E-state index < -0.39 is 0 Å². The van der Waals surface area contributed by atoms with Crippen molar-refractivity contribution in [2.24, 2.45) is 0 Å². The second kappa shape index (κ2) is 4.24. The summed E-state index contributed by atoms with van der Waals surface area (Å²) < 4.78 is 10.8. The Bertz CT molecular complexity index is 472. The van der Waals surface area contributed by atoms with E-state index in [4.69, 9.17) is 9.47 Å². The molecule has 0 saturated heterocycles. The molecule has 0 bridgehead atoms. The predicted octanol–water partition coefficient (Wildman–Crippen LogP) is 2.93. The number of benzene rings is 1. The molecule has 0 atom stereocenters. The van der Waals surface area contributed by atoms with Crippen LogP contribution < -0.4 is 4.74 Å². The molecule has 0 unspecified atom stereocenters. The maximum absolute atomic E-state index is 10.7. The molecule has 1 aromatic carbocycles. The van der Waals surface area contributed by atoms with Crippen LogP contribution in [0.4, 0.5) is 0 Å². The van der Waals surface area contributed by atoms with Gasteiger partial charge in [-0.2, -0.15) is 0 Å². The normalized spacial score (nSPS) is 15.9. The van der Waals surface area contributed by atoms with E-state index in [0.29, 0.717) is 6.61 Å². The zero-order chi connectivity index (χ0) is 12.5. The molecule has 1 heterocycles. The van der Waals surface area contributed by atoms with E-state index in [-0.39, 0.29) is 11.6 Å². The SMILES string of the molecule is CC(=O)OCc1ccc2c(c1)C=CC(C)(C)O2. The van der Waals surface area contributed by atoms with Gasteiger partial charge in [-0.1, -0.05) is 12.1 Å². The van der Waals surface area contributed by atoms with Gasteiger partial charge < -0.3 is 9.47 Å². The van der Waals surface area contributed by atoms with E-state index in [9.17, 15) is 4.79 Å². The maximum atomic E-state index is 10.7. The third-order valence-electron chi connectivity index (χ3n) is 2.55. The van der Waals surface area contributed by atoms with Gasteiger partial charge in [0.1, 0.15) is 18.0 Å². The fraction of sp³-hybridized carbons (Fsp3) is 0.357. The minimum absolute atomic E-state index is 0.260. The van der Waals surface area contributed by atoms with E-state index in [1.807, 2.05) is 44.2 Å². The number of carbonyl (C=O) groups excluding carboxylic acids is 1. The summed E-state index contributed by atoms with van der Waals surface area (Å²) in [5.74, 6) is 0.597.